The van der Waals surface area contributed by atoms with Gasteiger partial charge in [0.1, 0.15) is 5.69 Å². The van der Waals surface area contributed by atoms with Gasteiger partial charge in [0, 0.05) is 9.26 Å². The van der Waals surface area contributed by atoms with Crippen LogP contribution in [0.5, 0.6) is 0 Å². The molecule has 19 heavy (non-hydrogen) atoms. The Kier molecular flexibility index (Phi) is 4.33. The Labute approximate surface area is 124 Å². The lowest BCUT2D eigenvalue weighted by Gasteiger charge is -2.07. The first-order valence-electron chi connectivity index (χ1n) is 5.60. The molecule has 0 radical (unpaired) electrons. The van der Waals surface area contributed by atoms with E-state index in [1.54, 1.807) is 12.1 Å². The Balaban J connectivity index is 2.13. The van der Waals surface area contributed by atoms with E-state index in [2.05, 4.69) is 38.3 Å². The van der Waals surface area contributed by atoms with Crippen LogP contribution in [-0.2, 0) is 0 Å². The Morgan fingerprint density at radius 2 is 2.00 bits per heavy atom. The number of aromatic nitrogens is 1. The molecule has 0 saturated carbocycles. The molecule has 1 aromatic heterocycles. The molecular weight excluding hydrogens is 355 g/mol. The number of benzene rings is 1. The van der Waals surface area contributed by atoms with Gasteiger partial charge in [-0.05, 0) is 59.3 Å². The summed E-state index contributed by atoms with van der Waals surface area (Å²) in [6, 6.07) is 9.06. The number of nitrogens with one attached hydrogen (secondary N) is 2. The number of carbonyl (C=O) groups excluding carboxylic acids is 1. The zero-order chi connectivity index (χ0) is 13.8. The highest BCUT2D eigenvalue weighted by Gasteiger charge is 2.08. The third kappa shape index (κ3) is 3.42. The largest absolute Gasteiger partial charge is 0.323 e. The first kappa shape index (κ1) is 13.8. The van der Waals surface area contributed by atoms with Crippen LogP contribution in [-0.4, -0.2) is 10.9 Å². The molecular formula is C13H13IN4O. The fraction of sp³-hybridized carbons (Fsp3) is 0.0769. The molecule has 5 nitrogen and oxygen atoms in total. The molecule has 0 aliphatic carbocycles. The number of rotatable bonds is 3. The molecule has 1 aromatic carbocycles. The van der Waals surface area contributed by atoms with Crippen LogP contribution in [0.1, 0.15) is 16.1 Å². The number of anilines is 2. The van der Waals surface area contributed by atoms with E-state index in [1.165, 1.54) is 11.8 Å². The summed E-state index contributed by atoms with van der Waals surface area (Å²) in [4.78, 5) is 16.0. The lowest BCUT2D eigenvalue weighted by molar-refractivity contribution is 0.102. The average Bonchev–Trinajstić information content (AvgIpc) is 2.43. The van der Waals surface area contributed by atoms with Crippen LogP contribution in [0.25, 0.3) is 0 Å². The molecule has 2 rings (SSSR count). The molecule has 98 valence electrons. The molecule has 6 heteroatoms. The molecule has 0 aliphatic rings. The third-order valence-corrected chi connectivity index (χ3v) is 3.75. The molecule has 0 unspecified atom stereocenters. The van der Waals surface area contributed by atoms with Crippen molar-refractivity contribution in [3.8, 4) is 0 Å². The number of aryl methyl sites for hydroxylation is 1. The second kappa shape index (κ2) is 5.98. The summed E-state index contributed by atoms with van der Waals surface area (Å²) in [5.74, 6) is 4.99. The summed E-state index contributed by atoms with van der Waals surface area (Å²) in [7, 11) is 0. The predicted molar refractivity (Wildman–Crippen MR) is 83.9 cm³/mol. The minimum Gasteiger partial charge on any atom is -0.323 e. The lowest BCUT2D eigenvalue weighted by Crippen LogP contribution is -2.14. The second-order valence-electron chi connectivity index (χ2n) is 3.99. The number of hydrogen-bond acceptors (Lipinski definition) is 4. The fourth-order valence-electron chi connectivity index (χ4n) is 1.48. The lowest BCUT2D eigenvalue weighted by atomic mass is 10.2. The van der Waals surface area contributed by atoms with E-state index in [1.807, 2.05) is 25.1 Å². The monoisotopic (exact) mass is 368 g/mol. The van der Waals surface area contributed by atoms with Crippen molar-refractivity contribution in [1.29, 1.82) is 0 Å². The molecule has 2 aromatic rings. The summed E-state index contributed by atoms with van der Waals surface area (Å²) in [6.07, 6.45) is 1.51. The Morgan fingerprint density at radius 1 is 1.26 bits per heavy atom. The topological polar surface area (TPSA) is 80.0 Å². The van der Waals surface area contributed by atoms with Gasteiger partial charge in [-0.15, -0.1) is 0 Å². The minimum atomic E-state index is -0.247. The SMILES string of the molecule is Cc1ccc(NC(=O)c2ccc(NN)cn2)cc1I. The number of carbonyl (C=O) groups is 1. The summed E-state index contributed by atoms with van der Waals surface area (Å²) >= 11 is 2.23. The number of halogens is 1. The molecule has 0 spiro atoms. The number of amides is 1. The van der Waals surface area contributed by atoms with Gasteiger partial charge in [-0.25, -0.2) is 4.98 Å². The maximum absolute atomic E-state index is 12.0. The zero-order valence-electron chi connectivity index (χ0n) is 10.3. The normalized spacial score (nSPS) is 10.1. The summed E-state index contributed by atoms with van der Waals surface area (Å²) in [5, 5.41) is 2.81. The van der Waals surface area contributed by atoms with Crippen LogP contribution in [0, 0.1) is 10.5 Å². The molecule has 1 amide bonds. The molecule has 0 saturated heterocycles. The van der Waals surface area contributed by atoms with E-state index in [9.17, 15) is 4.79 Å². The first-order valence-corrected chi connectivity index (χ1v) is 6.68. The van der Waals surface area contributed by atoms with Crippen LogP contribution in [0.4, 0.5) is 11.4 Å². The zero-order valence-corrected chi connectivity index (χ0v) is 12.4. The predicted octanol–water partition coefficient (Wildman–Crippen LogP) is 2.53. The van der Waals surface area contributed by atoms with Crippen molar-refractivity contribution in [1.82, 2.24) is 4.98 Å². The fourth-order valence-corrected chi connectivity index (χ4v) is 1.99. The highest BCUT2D eigenvalue weighted by molar-refractivity contribution is 14.1. The van der Waals surface area contributed by atoms with Gasteiger partial charge < -0.3 is 10.7 Å². The molecule has 0 fully saturated rings. The van der Waals surface area contributed by atoms with Crippen molar-refractivity contribution in [2.75, 3.05) is 10.7 Å². The first-order chi connectivity index (χ1) is 9.10. The highest BCUT2D eigenvalue weighted by Crippen LogP contribution is 2.17. The van der Waals surface area contributed by atoms with Gasteiger partial charge in [0.15, 0.2) is 0 Å². The van der Waals surface area contributed by atoms with E-state index in [4.69, 9.17) is 5.84 Å². The standard InChI is InChI=1S/C13H13IN4O/c1-8-2-3-9(6-11(8)14)17-13(19)12-5-4-10(18-15)7-16-12/h2-7,18H,15H2,1H3,(H,17,19). The van der Waals surface area contributed by atoms with E-state index in [0.717, 1.165) is 9.26 Å². The van der Waals surface area contributed by atoms with E-state index < -0.39 is 0 Å². The van der Waals surface area contributed by atoms with Gasteiger partial charge in [-0.1, -0.05) is 6.07 Å². The van der Waals surface area contributed by atoms with Crippen molar-refractivity contribution in [3.63, 3.8) is 0 Å². The van der Waals surface area contributed by atoms with Crippen LogP contribution >= 0.6 is 22.6 Å². The number of nitrogens with zero attached hydrogens (tertiary/aromatic N) is 1. The van der Waals surface area contributed by atoms with Crippen molar-refractivity contribution in [2.24, 2.45) is 5.84 Å². The summed E-state index contributed by atoms with van der Waals surface area (Å²) in [6.45, 7) is 2.02. The van der Waals surface area contributed by atoms with Crippen LogP contribution in [0.3, 0.4) is 0 Å². The smallest absolute Gasteiger partial charge is 0.274 e. The average molecular weight is 368 g/mol. The van der Waals surface area contributed by atoms with Gasteiger partial charge in [-0.2, -0.15) is 0 Å². The maximum Gasteiger partial charge on any atom is 0.274 e. The van der Waals surface area contributed by atoms with Crippen LogP contribution in [0.15, 0.2) is 36.5 Å². The van der Waals surface area contributed by atoms with Gasteiger partial charge >= 0.3 is 0 Å². The Hall–Kier alpha value is -1.67. The minimum absolute atomic E-state index is 0.247. The van der Waals surface area contributed by atoms with Gasteiger partial charge in [-0.3, -0.25) is 10.6 Å². The Morgan fingerprint density at radius 3 is 2.58 bits per heavy atom. The Bertz CT molecular complexity index is 598. The van der Waals surface area contributed by atoms with Crippen molar-refractivity contribution >= 4 is 39.9 Å². The summed E-state index contributed by atoms with van der Waals surface area (Å²) < 4.78 is 1.10. The van der Waals surface area contributed by atoms with Gasteiger partial charge in [0.2, 0.25) is 0 Å². The molecule has 0 bridgehead atoms. The van der Waals surface area contributed by atoms with E-state index in [-0.39, 0.29) is 5.91 Å². The van der Waals surface area contributed by atoms with Crippen molar-refractivity contribution in [3.05, 3.63) is 51.4 Å². The third-order valence-electron chi connectivity index (χ3n) is 2.59. The molecule has 4 N–H and O–H groups in total. The van der Waals surface area contributed by atoms with Gasteiger partial charge in [0.05, 0.1) is 11.9 Å². The second-order valence-corrected chi connectivity index (χ2v) is 5.16. The van der Waals surface area contributed by atoms with Gasteiger partial charge in [0.25, 0.3) is 5.91 Å². The number of pyridine rings is 1. The number of nitrogens with two attached hydrogens (primary N) is 1. The van der Waals surface area contributed by atoms with Crippen molar-refractivity contribution in [2.45, 2.75) is 6.92 Å². The van der Waals surface area contributed by atoms with Crippen LogP contribution in [0.2, 0.25) is 0 Å². The maximum atomic E-state index is 12.0. The summed E-state index contributed by atoms with van der Waals surface area (Å²) in [5.41, 5.74) is 5.39. The van der Waals surface area contributed by atoms with E-state index in [0.29, 0.717) is 11.4 Å². The van der Waals surface area contributed by atoms with Crippen molar-refractivity contribution < 1.29 is 4.79 Å². The van der Waals surface area contributed by atoms with E-state index >= 15 is 0 Å². The molecule has 0 aliphatic heterocycles. The highest BCUT2D eigenvalue weighted by atomic mass is 127. The molecule has 0 atom stereocenters. The quantitative estimate of drug-likeness (QED) is 0.442. The molecule has 1 heterocycles. The number of hydrazine groups is 1. The van der Waals surface area contributed by atoms with Crippen LogP contribution < -0.4 is 16.6 Å². The number of hydrogen-bond donors (Lipinski definition) is 3. The number of nitrogen functional groups attached to an aromatic ring is 1.